The largest absolute Gasteiger partial charge is 0.457 e. The average Bonchev–Trinajstić information content (AvgIpc) is 3.71. The lowest BCUT2D eigenvalue weighted by molar-refractivity contribution is 0.435. The predicted molar refractivity (Wildman–Crippen MR) is 219 cm³/mol. The van der Waals surface area contributed by atoms with Crippen molar-refractivity contribution < 1.29 is 4.74 Å². The Balaban J connectivity index is 1.20. The van der Waals surface area contributed by atoms with Crippen LogP contribution in [0.2, 0.25) is 0 Å². The van der Waals surface area contributed by atoms with Gasteiger partial charge in [0.1, 0.15) is 11.5 Å². The van der Waals surface area contributed by atoms with Crippen molar-refractivity contribution >= 4 is 38.6 Å². The van der Waals surface area contributed by atoms with E-state index < -0.39 is 5.41 Å². The average molecular weight is 751 g/mol. The summed E-state index contributed by atoms with van der Waals surface area (Å²) in [7, 11) is 0. The smallest absolute Gasteiger partial charge is 0.132 e. The van der Waals surface area contributed by atoms with Crippen molar-refractivity contribution in [2.75, 3.05) is 4.90 Å². The number of benzene rings is 7. The molecule has 1 spiro atoms. The molecule has 4 heteroatoms. The minimum atomic E-state index is -0.608. The van der Waals surface area contributed by atoms with Crippen molar-refractivity contribution in [3.05, 3.63) is 213 Å². The molecule has 7 aromatic carbocycles. The first-order valence-electron chi connectivity index (χ1n) is 17.5. The van der Waals surface area contributed by atoms with E-state index in [-0.39, 0.29) is 0 Å². The molecule has 0 aliphatic carbocycles. The fourth-order valence-electron chi connectivity index (χ4n) is 8.14. The maximum atomic E-state index is 6.86. The first-order valence-corrected chi connectivity index (χ1v) is 19.2. The van der Waals surface area contributed by atoms with Gasteiger partial charge < -0.3 is 9.64 Å². The summed E-state index contributed by atoms with van der Waals surface area (Å²) in [6, 6.07) is 63.4. The highest BCUT2D eigenvalue weighted by molar-refractivity contribution is 9.10. The Kier molecular flexibility index (Phi) is 7.49. The fraction of sp³-hybridized carbons (Fsp3) is 0.0417. The van der Waals surface area contributed by atoms with E-state index in [1.807, 2.05) is 11.3 Å². The topological polar surface area (TPSA) is 12.5 Å². The van der Waals surface area contributed by atoms with Crippen LogP contribution in [0.15, 0.2) is 186 Å². The molecule has 52 heavy (non-hydrogen) atoms. The number of para-hydroxylation sites is 1. The summed E-state index contributed by atoms with van der Waals surface area (Å²) in [5.41, 5.74) is 13.7. The summed E-state index contributed by atoms with van der Waals surface area (Å²) < 4.78 is 7.97. The monoisotopic (exact) mass is 749 g/mol. The van der Waals surface area contributed by atoms with E-state index in [0.29, 0.717) is 0 Å². The van der Waals surface area contributed by atoms with Gasteiger partial charge in [0.2, 0.25) is 0 Å². The van der Waals surface area contributed by atoms with Gasteiger partial charge in [-0.15, -0.1) is 11.3 Å². The number of hydrogen-bond donors (Lipinski definition) is 0. The van der Waals surface area contributed by atoms with E-state index >= 15 is 0 Å². The van der Waals surface area contributed by atoms with Gasteiger partial charge in [-0.25, -0.2) is 0 Å². The molecule has 2 aliphatic heterocycles. The van der Waals surface area contributed by atoms with Crippen LogP contribution < -0.4 is 9.64 Å². The number of anilines is 2. The molecule has 0 radical (unpaired) electrons. The molecule has 0 saturated carbocycles. The van der Waals surface area contributed by atoms with Gasteiger partial charge in [0, 0.05) is 32.7 Å². The number of rotatable bonds is 5. The first kappa shape index (κ1) is 31.1. The maximum Gasteiger partial charge on any atom is 0.132 e. The minimum Gasteiger partial charge on any atom is -0.457 e. The Morgan fingerprint density at radius 2 is 1.00 bits per heavy atom. The molecule has 0 unspecified atom stereocenters. The molecular weight excluding hydrogens is 719 g/mol. The zero-order chi connectivity index (χ0) is 34.6. The Morgan fingerprint density at radius 1 is 0.481 bits per heavy atom. The van der Waals surface area contributed by atoms with Crippen molar-refractivity contribution in [3.8, 4) is 44.9 Å². The van der Waals surface area contributed by atoms with E-state index in [4.69, 9.17) is 4.74 Å². The predicted octanol–water partition coefficient (Wildman–Crippen LogP) is 13.7. The van der Waals surface area contributed by atoms with Gasteiger partial charge in [0.05, 0.1) is 11.1 Å². The van der Waals surface area contributed by atoms with Gasteiger partial charge in [-0.3, -0.25) is 0 Å². The summed E-state index contributed by atoms with van der Waals surface area (Å²) >= 11 is 5.81. The van der Waals surface area contributed by atoms with Crippen LogP contribution in [0.4, 0.5) is 11.4 Å². The normalized spacial score (nSPS) is 13.4. The van der Waals surface area contributed by atoms with Gasteiger partial charge in [-0.05, 0) is 92.4 Å². The van der Waals surface area contributed by atoms with E-state index in [1.54, 1.807) is 0 Å². The highest BCUT2D eigenvalue weighted by Crippen LogP contribution is 2.64. The van der Waals surface area contributed by atoms with E-state index in [9.17, 15) is 0 Å². The van der Waals surface area contributed by atoms with Crippen LogP contribution in [-0.2, 0) is 12.0 Å². The number of nitrogens with zero attached hydrogens (tertiary/aromatic N) is 1. The minimum absolute atomic E-state index is 0.608. The molecule has 8 aromatic rings. The van der Waals surface area contributed by atoms with Gasteiger partial charge >= 0.3 is 0 Å². The van der Waals surface area contributed by atoms with Gasteiger partial charge in [-0.2, -0.15) is 0 Å². The highest BCUT2D eigenvalue weighted by atomic mass is 79.9. The van der Waals surface area contributed by atoms with Crippen LogP contribution in [0.25, 0.3) is 33.4 Å². The number of fused-ring (bicyclic) bond motifs is 8. The summed E-state index contributed by atoms with van der Waals surface area (Å²) in [6.45, 7) is 0.719. The number of halogens is 1. The van der Waals surface area contributed by atoms with Gasteiger partial charge in [0.15, 0.2) is 0 Å². The summed E-state index contributed by atoms with van der Waals surface area (Å²) in [6.07, 6.45) is 0. The lowest BCUT2D eigenvalue weighted by atomic mass is 9.63. The zero-order valence-corrected chi connectivity index (χ0v) is 30.6. The SMILES string of the molecule is Brc1cc(-c2ccccc2)ccc1CN1c2ccccc2C2(c3cc(-c4ccccc4)ccc3Oc3ccc(-c4ccccc4)cc32)c2sccc21. The highest BCUT2D eigenvalue weighted by Gasteiger charge is 2.52. The van der Waals surface area contributed by atoms with Crippen LogP contribution in [0.3, 0.4) is 0 Å². The summed E-state index contributed by atoms with van der Waals surface area (Å²) in [5.74, 6) is 1.78. The standard InChI is InChI=1S/C48H32BrNOS/c49-42-30-37(34-16-8-3-9-17-34)20-21-38(42)31-50-43-19-11-10-18-39(43)48(47-44(50)26-27-52-47)40-28-35(32-12-4-1-5-13-32)22-24-45(40)51-46-25-23-36(29-41(46)48)33-14-6-2-7-15-33/h1-30H,31H2. The second-order valence-corrected chi connectivity index (χ2v) is 15.2. The van der Waals surface area contributed by atoms with Crippen molar-refractivity contribution in [2.45, 2.75) is 12.0 Å². The quantitative estimate of drug-likeness (QED) is 0.174. The van der Waals surface area contributed by atoms with Crippen molar-refractivity contribution in [1.82, 2.24) is 0 Å². The number of thiophene rings is 1. The summed E-state index contributed by atoms with van der Waals surface area (Å²) in [4.78, 5) is 3.80. The lowest BCUT2D eigenvalue weighted by Gasteiger charge is -2.47. The van der Waals surface area contributed by atoms with Crippen LogP contribution in [0.1, 0.15) is 27.1 Å². The molecule has 0 amide bonds. The molecule has 0 atom stereocenters. The zero-order valence-electron chi connectivity index (χ0n) is 28.2. The molecule has 3 heterocycles. The maximum absolute atomic E-state index is 6.86. The van der Waals surface area contributed by atoms with Crippen LogP contribution in [-0.4, -0.2) is 0 Å². The first-order chi connectivity index (χ1) is 25.7. The lowest BCUT2D eigenvalue weighted by Crippen LogP contribution is -2.39. The molecule has 0 N–H and O–H groups in total. The van der Waals surface area contributed by atoms with Crippen molar-refractivity contribution in [2.24, 2.45) is 0 Å². The van der Waals surface area contributed by atoms with E-state index in [0.717, 1.165) is 33.6 Å². The Hall–Kier alpha value is -5.68. The third-order valence-electron chi connectivity index (χ3n) is 10.6. The number of ether oxygens (including phenoxy) is 1. The molecule has 2 nitrogen and oxygen atoms in total. The third kappa shape index (κ3) is 4.90. The molecule has 1 aromatic heterocycles. The van der Waals surface area contributed by atoms with Crippen molar-refractivity contribution in [1.29, 1.82) is 0 Å². The Morgan fingerprint density at radius 3 is 1.58 bits per heavy atom. The Bertz CT molecular complexity index is 2510. The molecular formula is C48H32BrNOS. The molecule has 10 rings (SSSR count). The molecule has 0 fully saturated rings. The molecule has 0 bridgehead atoms. The second-order valence-electron chi connectivity index (χ2n) is 13.4. The third-order valence-corrected chi connectivity index (χ3v) is 12.3. The number of hydrogen-bond acceptors (Lipinski definition) is 3. The van der Waals surface area contributed by atoms with E-state index in [1.165, 1.54) is 60.8 Å². The molecule has 0 saturated heterocycles. The molecule has 248 valence electrons. The van der Waals surface area contributed by atoms with Crippen LogP contribution in [0.5, 0.6) is 11.5 Å². The fourth-order valence-corrected chi connectivity index (χ4v) is 9.79. The Labute approximate surface area is 316 Å². The van der Waals surface area contributed by atoms with Crippen LogP contribution in [0, 0.1) is 0 Å². The summed E-state index contributed by atoms with van der Waals surface area (Å²) in [5, 5.41) is 2.26. The van der Waals surface area contributed by atoms with Crippen LogP contribution >= 0.6 is 27.3 Å². The van der Waals surface area contributed by atoms with Gasteiger partial charge in [-0.1, -0.05) is 149 Å². The second kappa shape index (κ2) is 12.5. The van der Waals surface area contributed by atoms with Gasteiger partial charge in [0.25, 0.3) is 0 Å². The van der Waals surface area contributed by atoms with E-state index in [2.05, 4.69) is 202 Å². The van der Waals surface area contributed by atoms with Crippen molar-refractivity contribution in [3.63, 3.8) is 0 Å². The molecule has 2 aliphatic rings.